The zero-order chi connectivity index (χ0) is 22.9. The lowest BCUT2D eigenvalue weighted by Gasteiger charge is -2.24. The van der Waals surface area contributed by atoms with Crippen LogP contribution in [0, 0.1) is 5.41 Å². The van der Waals surface area contributed by atoms with Crippen molar-refractivity contribution in [3.63, 3.8) is 0 Å². The molecule has 0 unspecified atom stereocenters. The van der Waals surface area contributed by atoms with E-state index in [9.17, 15) is 16.8 Å². The maximum Gasteiger partial charge on any atom is 0.240 e. The first kappa shape index (κ1) is 23.4. The Labute approximate surface area is 185 Å². The molecule has 0 aromatic heterocycles. The number of nitrogens with one attached hydrogen (secondary N) is 2. The largest absolute Gasteiger partial charge is 0.282 e. The van der Waals surface area contributed by atoms with E-state index in [1.807, 2.05) is 12.2 Å². The fraction of sp³-hybridized carbons (Fsp3) is 0.409. The van der Waals surface area contributed by atoms with Gasteiger partial charge in [-0.05, 0) is 53.8 Å². The van der Waals surface area contributed by atoms with Gasteiger partial charge in [-0.3, -0.25) is 5.43 Å². The molecule has 0 radical (unpaired) electrons. The first-order chi connectivity index (χ1) is 14.4. The second-order valence-electron chi connectivity index (χ2n) is 8.88. The molecule has 2 aliphatic rings. The standard InChI is InChI=1S/C22H29N3O4S2/c1-16-15-21(22(2,3)4)24-23-12-9-20(16)17-5-7-19(8-6-17)31(28,29)25-18-10-13-30(26,27)14-11-18/h5-9,12,15,18,24-25H,1,10-11,13-14H2,2-4H3/b20-9?,21-15-,23-12-. The van der Waals surface area contributed by atoms with Gasteiger partial charge < -0.3 is 0 Å². The summed E-state index contributed by atoms with van der Waals surface area (Å²) in [7, 11) is -6.78. The SMILES string of the molecule is C=C1/C=C(/C(C)(C)C)N/N=C\C=C1c1ccc(S(=O)(=O)NC2CCS(=O)(=O)CC2)cc1. The number of allylic oxidation sites excluding steroid dienone is 5. The van der Waals surface area contributed by atoms with Crippen LogP contribution < -0.4 is 10.1 Å². The second kappa shape index (κ2) is 8.72. The van der Waals surface area contributed by atoms with Crippen molar-refractivity contribution in [2.75, 3.05) is 11.5 Å². The average Bonchev–Trinajstić information content (AvgIpc) is 2.66. The van der Waals surface area contributed by atoms with Gasteiger partial charge >= 0.3 is 0 Å². The van der Waals surface area contributed by atoms with E-state index in [-0.39, 0.29) is 27.9 Å². The molecular formula is C22H29N3O4S2. The molecule has 1 aromatic carbocycles. The molecule has 1 saturated heterocycles. The van der Waals surface area contributed by atoms with Crippen LogP contribution in [0.5, 0.6) is 0 Å². The molecule has 31 heavy (non-hydrogen) atoms. The Morgan fingerprint density at radius 1 is 1.13 bits per heavy atom. The fourth-order valence-corrected chi connectivity index (χ4v) is 6.18. The molecule has 1 fully saturated rings. The minimum Gasteiger partial charge on any atom is -0.282 e. The molecule has 3 rings (SSSR count). The van der Waals surface area contributed by atoms with Gasteiger partial charge in [-0.1, -0.05) is 39.5 Å². The molecular weight excluding hydrogens is 434 g/mol. The number of rotatable bonds is 4. The molecule has 0 bridgehead atoms. The van der Waals surface area contributed by atoms with Crippen molar-refractivity contribution in [3.8, 4) is 0 Å². The predicted molar refractivity (Wildman–Crippen MR) is 125 cm³/mol. The normalized spacial score (nSPS) is 23.0. The van der Waals surface area contributed by atoms with Gasteiger partial charge in [0.1, 0.15) is 9.84 Å². The third-order valence-corrected chi connectivity index (χ3v) is 8.58. The van der Waals surface area contributed by atoms with Gasteiger partial charge in [0, 0.05) is 23.4 Å². The molecule has 0 spiro atoms. The summed E-state index contributed by atoms with van der Waals surface area (Å²) in [4.78, 5) is 0.142. The minimum atomic E-state index is -3.73. The van der Waals surface area contributed by atoms with Crippen molar-refractivity contribution in [2.24, 2.45) is 10.5 Å². The first-order valence-corrected chi connectivity index (χ1v) is 13.4. The average molecular weight is 464 g/mol. The van der Waals surface area contributed by atoms with Crippen LogP contribution in [-0.2, 0) is 19.9 Å². The summed E-state index contributed by atoms with van der Waals surface area (Å²) in [6, 6.07) is 6.21. The Morgan fingerprint density at radius 2 is 1.74 bits per heavy atom. The van der Waals surface area contributed by atoms with E-state index in [2.05, 4.69) is 42.6 Å². The smallest absolute Gasteiger partial charge is 0.240 e. The van der Waals surface area contributed by atoms with Gasteiger partial charge in [0.05, 0.1) is 16.4 Å². The Bertz CT molecular complexity index is 1140. The third-order valence-electron chi connectivity index (χ3n) is 5.33. The van der Waals surface area contributed by atoms with Crippen molar-refractivity contribution in [3.05, 3.63) is 59.8 Å². The number of sulfone groups is 1. The van der Waals surface area contributed by atoms with Crippen LogP contribution in [0.4, 0.5) is 0 Å². The van der Waals surface area contributed by atoms with Crippen molar-refractivity contribution in [1.29, 1.82) is 0 Å². The van der Waals surface area contributed by atoms with E-state index in [0.29, 0.717) is 12.8 Å². The fourth-order valence-electron chi connectivity index (χ4n) is 3.38. The number of nitrogens with zero attached hydrogens (tertiary/aromatic N) is 1. The first-order valence-electron chi connectivity index (χ1n) is 10.1. The maximum absolute atomic E-state index is 12.7. The monoisotopic (exact) mass is 463 g/mol. The van der Waals surface area contributed by atoms with E-state index < -0.39 is 19.9 Å². The Kier molecular flexibility index (Phi) is 6.59. The van der Waals surface area contributed by atoms with Gasteiger partial charge in [0.25, 0.3) is 0 Å². The molecule has 7 nitrogen and oxygen atoms in total. The minimum absolute atomic E-state index is 0.00979. The van der Waals surface area contributed by atoms with Crippen LogP contribution in [0.2, 0.25) is 0 Å². The Hall–Kier alpha value is -2.23. The number of sulfonamides is 1. The van der Waals surface area contributed by atoms with Gasteiger partial charge in [-0.15, -0.1) is 0 Å². The molecule has 168 valence electrons. The van der Waals surface area contributed by atoms with E-state index in [1.54, 1.807) is 30.5 Å². The molecule has 0 saturated carbocycles. The lowest BCUT2D eigenvalue weighted by atomic mass is 9.89. The van der Waals surface area contributed by atoms with Crippen molar-refractivity contribution >= 4 is 31.6 Å². The van der Waals surface area contributed by atoms with Crippen LogP contribution in [-0.4, -0.2) is 40.6 Å². The lowest BCUT2D eigenvalue weighted by molar-refractivity contribution is 0.465. The third kappa shape index (κ3) is 5.93. The van der Waals surface area contributed by atoms with E-state index >= 15 is 0 Å². The highest BCUT2D eigenvalue weighted by Crippen LogP contribution is 2.30. The van der Waals surface area contributed by atoms with Gasteiger partial charge in [-0.2, -0.15) is 5.10 Å². The van der Waals surface area contributed by atoms with Crippen LogP contribution in [0.1, 0.15) is 39.2 Å². The van der Waals surface area contributed by atoms with Crippen molar-refractivity contribution < 1.29 is 16.8 Å². The van der Waals surface area contributed by atoms with E-state index in [1.165, 1.54) is 0 Å². The summed E-state index contributed by atoms with van der Waals surface area (Å²) < 4.78 is 51.2. The highest BCUT2D eigenvalue weighted by atomic mass is 32.2. The molecule has 0 amide bonds. The summed E-state index contributed by atoms with van der Waals surface area (Å²) in [5, 5.41) is 4.21. The zero-order valence-corrected chi connectivity index (χ0v) is 19.7. The quantitative estimate of drug-likeness (QED) is 0.714. The van der Waals surface area contributed by atoms with Gasteiger partial charge in [0.15, 0.2) is 0 Å². The topological polar surface area (TPSA) is 105 Å². The van der Waals surface area contributed by atoms with Crippen molar-refractivity contribution in [2.45, 2.75) is 44.6 Å². The Balaban J connectivity index is 1.79. The molecule has 2 aliphatic heterocycles. The summed E-state index contributed by atoms with van der Waals surface area (Å²) >= 11 is 0. The summed E-state index contributed by atoms with van der Waals surface area (Å²) in [5.74, 6) is 0.0196. The zero-order valence-electron chi connectivity index (χ0n) is 18.1. The second-order valence-corrected chi connectivity index (χ2v) is 12.9. The molecule has 2 heterocycles. The van der Waals surface area contributed by atoms with E-state index in [4.69, 9.17) is 0 Å². The molecule has 0 atom stereocenters. The molecule has 0 aliphatic carbocycles. The maximum atomic E-state index is 12.7. The number of benzene rings is 1. The lowest BCUT2D eigenvalue weighted by Crippen LogP contribution is -2.40. The van der Waals surface area contributed by atoms with Crippen LogP contribution in [0.15, 0.2) is 64.3 Å². The number of hydrazone groups is 1. The highest BCUT2D eigenvalue weighted by molar-refractivity contribution is 7.91. The highest BCUT2D eigenvalue weighted by Gasteiger charge is 2.27. The van der Waals surface area contributed by atoms with Gasteiger partial charge in [-0.25, -0.2) is 21.6 Å². The Morgan fingerprint density at radius 3 is 2.32 bits per heavy atom. The molecule has 2 N–H and O–H groups in total. The number of hydrogen-bond acceptors (Lipinski definition) is 6. The van der Waals surface area contributed by atoms with Crippen LogP contribution in [0.3, 0.4) is 0 Å². The van der Waals surface area contributed by atoms with Crippen LogP contribution in [0.25, 0.3) is 5.57 Å². The summed E-state index contributed by atoms with van der Waals surface area (Å²) in [6.07, 6.45) is 6.02. The number of hydrogen-bond donors (Lipinski definition) is 2. The predicted octanol–water partition coefficient (Wildman–Crippen LogP) is 3.00. The van der Waals surface area contributed by atoms with E-state index in [0.717, 1.165) is 22.4 Å². The van der Waals surface area contributed by atoms with Gasteiger partial charge in [0.2, 0.25) is 10.0 Å². The molecule has 1 aromatic rings. The van der Waals surface area contributed by atoms with Crippen molar-refractivity contribution in [1.82, 2.24) is 10.1 Å². The summed E-state index contributed by atoms with van der Waals surface area (Å²) in [5.41, 5.74) is 6.30. The molecule has 9 heteroatoms. The summed E-state index contributed by atoms with van der Waals surface area (Å²) in [6.45, 7) is 10.4. The van der Waals surface area contributed by atoms with Crippen LogP contribution >= 0.6 is 0 Å².